The van der Waals surface area contributed by atoms with Crippen molar-refractivity contribution in [1.29, 1.82) is 0 Å². The molecule has 17 heteroatoms. The molecule has 1 fully saturated rings. The predicted molar refractivity (Wildman–Crippen MR) is 258 cm³/mol. The molecule has 3 N–H and O–H groups in total. The number of methoxy groups -OCH3 is 2. The normalized spacial score (nSPS) is 17.7. The van der Waals surface area contributed by atoms with E-state index in [1.165, 1.54) is 16.2 Å². The number of hydrogen-bond donors (Lipinski definition) is 3. The van der Waals surface area contributed by atoms with E-state index in [4.69, 9.17) is 18.9 Å². The summed E-state index contributed by atoms with van der Waals surface area (Å²) < 4.78 is 23.2. The number of aromatic nitrogens is 1. The standard InChI is InChI=1S/C49H81N7O9S/c1-13-34(6)44(55(10)49(61)42(32(2)3)53-47(60)43(33(4)5)54(9)40(57)21-25-64-27-28-65-26-22-50-8)39(62-11)31-41(58)56-24-17-20-38(56)45(63-12)35(7)46(59)52-37(48-51-23-29-66-48)30-36-18-15-14-16-19-36/h14-16,18-19,23,29,32-35,37-39,42-45,50H,13,17,20-22,24-28,30-31H2,1-12H3,(H,52,59)(H,53,60)/t34-,35+,37-,38-,39+,42-,43-,44-,45+/m0/s1. The molecule has 16 nitrogen and oxygen atoms in total. The van der Waals surface area contributed by atoms with E-state index < -0.39 is 42.2 Å². The number of rotatable bonds is 30. The van der Waals surface area contributed by atoms with Crippen LogP contribution in [0.25, 0.3) is 0 Å². The van der Waals surface area contributed by atoms with Crippen LogP contribution in [0.1, 0.15) is 97.2 Å². The molecule has 0 bridgehead atoms. The third-order valence-electron chi connectivity index (χ3n) is 12.9. The first-order valence-electron chi connectivity index (χ1n) is 23.7. The van der Waals surface area contributed by atoms with Gasteiger partial charge in [0.25, 0.3) is 0 Å². The number of nitrogens with one attached hydrogen (secondary N) is 3. The average molecular weight is 944 g/mol. The fraction of sp³-hybridized carbons (Fsp3) is 0.714. The van der Waals surface area contributed by atoms with Gasteiger partial charge in [-0.05, 0) is 49.6 Å². The van der Waals surface area contributed by atoms with Gasteiger partial charge in [0.1, 0.15) is 17.1 Å². The van der Waals surface area contributed by atoms with Gasteiger partial charge in [-0.25, -0.2) is 4.98 Å². The number of carbonyl (C=O) groups excluding carboxylic acids is 5. The Hall–Kier alpha value is -4.00. The summed E-state index contributed by atoms with van der Waals surface area (Å²) >= 11 is 1.49. The molecular weight excluding hydrogens is 863 g/mol. The molecule has 0 spiro atoms. The highest BCUT2D eigenvalue weighted by Gasteiger charge is 2.43. The van der Waals surface area contributed by atoms with Crippen molar-refractivity contribution in [2.45, 2.75) is 129 Å². The first kappa shape index (κ1) is 56.3. The van der Waals surface area contributed by atoms with Gasteiger partial charge in [0.05, 0.1) is 75.5 Å². The minimum absolute atomic E-state index is 0.00601. The van der Waals surface area contributed by atoms with E-state index in [0.717, 1.165) is 23.5 Å². The van der Waals surface area contributed by atoms with Crippen LogP contribution in [0.3, 0.4) is 0 Å². The number of carbonyl (C=O) groups is 5. The maximum absolute atomic E-state index is 14.6. The van der Waals surface area contributed by atoms with Gasteiger partial charge in [-0.3, -0.25) is 24.0 Å². The van der Waals surface area contributed by atoms with Crippen LogP contribution < -0.4 is 16.0 Å². The molecule has 372 valence electrons. The van der Waals surface area contributed by atoms with Gasteiger partial charge in [0.2, 0.25) is 29.5 Å². The first-order chi connectivity index (χ1) is 31.5. The van der Waals surface area contributed by atoms with E-state index in [9.17, 15) is 24.0 Å². The van der Waals surface area contributed by atoms with Crippen LogP contribution >= 0.6 is 11.3 Å². The van der Waals surface area contributed by atoms with E-state index in [2.05, 4.69) is 20.9 Å². The molecule has 1 saturated heterocycles. The number of likely N-dealkylation sites (N-methyl/N-ethyl adjacent to an activating group) is 3. The minimum Gasteiger partial charge on any atom is -0.379 e. The lowest BCUT2D eigenvalue weighted by atomic mass is 9.89. The summed E-state index contributed by atoms with van der Waals surface area (Å²) in [7, 11) is 8.29. The van der Waals surface area contributed by atoms with Gasteiger partial charge >= 0.3 is 0 Å². The summed E-state index contributed by atoms with van der Waals surface area (Å²) in [4.78, 5) is 79.8. The highest BCUT2D eigenvalue weighted by atomic mass is 32.1. The molecular formula is C49H81N7O9S. The molecule has 1 aromatic carbocycles. The number of ether oxygens (including phenoxy) is 4. The van der Waals surface area contributed by atoms with Crippen molar-refractivity contribution in [1.82, 2.24) is 35.6 Å². The maximum atomic E-state index is 14.6. The summed E-state index contributed by atoms with van der Waals surface area (Å²) in [6, 6.07) is 7.02. The van der Waals surface area contributed by atoms with E-state index in [-0.39, 0.29) is 72.9 Å². The Kier molecular flexibility index (Phi) is 24.8. The lowest BCUT2D eigenvalue weighted by Gasteiger charge is -2.41. The number of amides is 5. The van der Waals surface area contributed by atoms with Crippen LogP contribution in [0, 0.1) is 23.7 Å². The molecule has 0 unspecified atom stereocenters. The Morgan fingerprint density at radius 1 is 0.879 bits per heavy atom. The summed E-state index contributed by atoms with van der Waals surface area (Å²) in [5, 5.41) is 12.0. The van der Waals surface area contributed by atoms with Crippen molar-refractivity contribution in [3.8, 4) is 0 Å². The van der Waals surface area contributed by atoms with Crippen LogP contribution in [-0.4, -0.2) is 160 Å². The van der Waals surface area contributed by atoms with Gasteiger partial charge in [-0.2, -0.15) is 0 Å². The molecule has 3 rings (SSSR count). The molecule has 2 heterocycles. The van der Waals surface area contributed by atoms with Gasteiger partial charge < -0.3 is 49.6 Å². The van der Waals surface area contributed by atoms with E-state index in [0.29, 0.717) is 45.6 Å². The third-order valence-corrected chi connectivity index (χ3v) is 13.8. The van der Waals surface area contributed by atoms with Gasteiger partial charge in [0, 0.05) is 53.0 Å². The number of thiazole rings is 1. The van der Waals surface area contributed by atoms with Crippen molar-refractivity contribution in [2.75, 3.05) is 74.9 Å². The topological polar surface area (TPSA) is 181 Å². The number of hydrogen-bond acceptors (Lipinski definition) is 12. The Morgan fingerprint density at radius 3 is 2.14 bits per heavy atom. The summed E-state index contributed by atoms with van der Waals surface area (Å²) in [5.74, 6) is -2.54. The lowest BCUT2D eigenvalue weighted by molar-refractivity contribution is -0.148. The Balaban J connectivity index is 1.73. The molecule has 2 aromatic rings. The fourth-order valence-electron chi connectivity index (χ4n) is 8.95. The summed E-state index contributed by atoms with van der Waals surface area (Å²) in [6.45, 7) is 16.1. The van der Waals surface area contributed by atoms with Crippen molar-refractivity contribution in [2.24, 2.45) is 23.7 Å². The van der Waals surface area contributed by atoms with Gasteiger partial charge in [-0.15, -0.1) is 11.3 Å². The van der Waals surface area contributed by atoms with E-state index in [1.54, 1.807) is 39.4 Å². The van der Waals surface area contributed by atoms with Crippen LogP contribution in [0.5, 0.6) is 0 Å². The third kappa shape index (κ3) is 16.4. The molecule has 0 saturated carbocycles. The second-order valence-corrected chi connectivity index (χ2v) is 19.1. The van der Waals surface area contributed by atoms with Gasteiger partial charge in [0.15, 0.2) is 0 Å². The molecule has 0 radical (unpaired) electrons. The highest BCUT2D eigenvalue weighted by molar-refractivity contribution is 7.09. The zero-order valence-electron chi connectivity index (χ0n) is 41.7. The smallest absolute Gasteiger partial charge is 0.245 e. The molecule has 1 aliphatic rings. The lowest BCUT2D eigenvalue weighted by Crippen LogP contribution is -2.60. The van der Waals surface area contributed by atoms with Crippen molar-refractivity contribution >= 4 is 40.9 Å². The number of nitrogens with zero attached hydrogens (tertiary/aromatic N) is 4. The van der Waals surface area contributed by atoms with Crippen LogP contribution in [0.4, 0.5) is 0 Å². The fourth-order valence-corrected chi connectivity index (χ4v) is 9.64. The number of benzene rings is 1. The zero-order valence-corrected chi connectivity index (χ0v) is 42.6. The largest absolute Gasteiger partial charge is 0.379 e. The molecule has 66 heavy (non-hydrogen) atoms. The Bertz CT molecular complexity index is 1750. The van der Waals surface area contributed by atoms with E-state index in [1.807, 2.05) is 96.1 Å². The quantitative estimate of drug-likeness (QED) is 0.0923. The Labute approximate surface area is 398 Å². The van der Waals surface area contributed by atoms with Crippen LogP contribution in [0.2, 0.25) is 0 Å². The molecule has 0 aliphatic carbocycles. The molecule has 5 amide bonds. The zero-order chi connectivity index (χ0) is 48.9. The van der Waals surface area contributed by atoms with Crippen LogP contribution in [-0.2, 0) is 49.3 Å². The molecule has 1 aromatic heterocycles. The minimum atomic E-state index is -0.917. The van der Waals surface area contributed by atoms with E-state index >= 15 is 0 Å². The second kappa shape index (κ2) is 29.0. The SMILES string of the molecule is CC[C@H](C)[C@@H]([C@@H](CC(=O)N1CCC[C@H]1[C@H](OC)[C@@H](C)C(=O)N[C@@H](Cc1ccccc1)c1nccs1)OC)N(C)C(=O)[C@@H](NC(=O)[C@H](C(C)C)N(C)C(=O)CCOCCOCCNC)C(C)C. The van der Waals surface area contributed by atoms with Crippen molar-refractivity contribution < 1.29 is 42.9 Å². The monoisotopic (exact) mass is 944 g/mol. The molecule has 1 aliphatic heterocycles. The van der Waals surface area contributed by atoms with Crippen LogP contribution in [0.15, 0.2) is 41.9 Å². The average Bonchev–Trinajstić information content (AvgIpc) is 4.02. The predicted octanol–water partition coefficient (Wildman–Crippen LogP) is 4.73. The van der Waals surface area contributed by atoms with Crippen molar-refractivity contribution in [3.05, 3.63) is 52.5 Å². The molecule has 9 atom stereocenters. The highest BCUT2D eigenvalue weighted by Crippen LogP contribution is 2.31. The maximum Gasteiger partial charge on any atom is 0.245 e. The van der Waals surface area contributed by atoms with Gasteiger partial charge in [-0.1, -0.05) is 85.2 Å². The van der Waals surface area contributed by atoms with Crippen molar-refractivity contribution in [3.63, 3.8) is 0 Å². The summed E-state index contributed by atoms with van der Waals surface area (Å²) in [6.07, 6.45) is 3.26. The Morgan fingerprint density at radius 2 is 1.56 bits per heavy atom. The summed E-state index contributed by atoms with van der Waals surface area (Å²) in [5.41, 5.74) is 1.08. The number of likely N-dealkylation sites (tertiary alicyclic amines) is 1. The second-order valence-electron chi connectivity index (χ2n) is 18.2. The first-order valence-corrected chi connectivity index (χ1v) is 24.6.